The molecule has 2 aliphatic rings. The molecule has 2 rings (SSSR count). The van der Waals surface area contributed by atoms with Crippen LogP contribution in [0.15, 0.2) is 24.3 Å². The van der Waals surface area contributed by atoms with Gasteiger partial charge in [-0.25, -0.2) is 14.6 Å². The molecule has 128 valence electrons. The Morgan fingerprint density at radius 2 is 1.33 bits per heavy atom. The van der Waals surface area contributed by atoms with Crippen molar-refractivity contribution in [3.63, 3.8) is 0 Å². The molecule has 0 aromatic heterocycles. The van der Waals surface area contributed by atoms with E-state index in [0.29, 0.717) is 9.80 Å². The number of hydrogen-bond acceptors (Lipinski definition) is 8. The molecule has 0 aromatic carbocycles. The molecule has 0 saturated heterocycles. The van der Waals surface area contributed by atoms with Crippen LogP contribution in [0.4, 0.5) is 0 Å². The van der Waals surface area contributed by atoms with Gasteiger partial charge in [0.25, 0.3) is 23.6 Å². The molecule has 24 heavy (non-hydrogen) atoms. The normalized spacial score (nSPS) is 16.9. The molecule has 0 fully saturated rings. The van der Waals surface area contributed by atoms with Crippen molar-refractivity contribution >= 4 is 29.6 Å². The Balaban J connectivity index is 2.13. The third kappa shape index (κ3) is 3.55. The van der Waals surface area contributed by atoms with E-state index in [0.717, 1.165) is 24.3 Å². The first kappa shape index (κ1) is 17.5. The van der Waals surface area contributed by atoms with Crippen LogP contribution >= 0.6 is 0 Å². The minimum Gasteiger partial charge on any atom is -0.460 e. The largest absolute Gasteiger partial charge is 0.460 e. The summed E-state index contributed by atoms with van der Waals surface area (Å²) in [6.07, 6.45) is 1.86. The summed E-state index contributed by atoms with van der Waals surface area (Å²) in [4.78, 5) is 60.4. The lowest BCUT2D eigenvalue weighted by molar-refractivity contribution is -0.171. The standard InChI is InChI=1S/C14H14N2O8/c17-5-6-23-7-8-24-14(22)13(15-9(18)1-2-10(15)19)16-11(20)3-4-12(16)21/h1-4,13,17H,5-8H2. The first-order valence-electron chi connectivity index (χ1n) is 6.93. The second kappa shape index (κ2) is 7.62. The Morgan fingerprint density at radius 3 is 1.75 bits per heavy atom. The highest BCUT2D eigenvalue weighted by atomic mass is 16.6. The first-order chi connectivity index (χ1) is 11.5. The lowest BCUT2D eigenvalue weighted by Crippen LogP contribution is -2.58. The lowest BCUT2D eigenvalue weighted by Gasteiger charge is -2.30. The summed E-state index contributed by atoms with van der Waals surface area (Å²) in [6, 6.07) is 0. The highest BCUT2D eigenvalue weighted by Crippen LogP contribution is 2.18. The summed E-state index contributed by atoms with van der Waals surface area (Å²) in [7, 11) is 0. The second-order valence-corrected chi connectivity index (χ2v) is 4.64. The SMILES string of the molecule is O=C(OCCOCCO)C(N1C(=O)C=CC1=O)N1C(=O)C=CC1=O. The van der Waals surface area contributed by atoms with Gasteiger partial charge < -0.3 is 14.6 Å². The summed E-state index contributed by atoms with van der Waals surface area (Å²) >= 11 is 0. The third-order valence-electron chi connectivity index (χ3n) is 3.09. The third-order valence-corrected chi connectivity index (χ3v) is 3.09. The monoisotopic (exact) mass is 338 g/mol. The van der Waals surface area contributed by atoms with Crippen LogP contribution in [0.5, 0.6) is 0 Å². The molecule has 10 nitrogen and oxygen atoms in total. The van der Waals surface area contributed by atoms with E-state index in [1.165, 1.54) is 0 Å². The molecular formula is C14H14N2O8. The van der Waals surface area contributed by atoms with E-state index in [2.05, 4.69) is 0 Å². The fourth-order valence-electron chi connectivity index (χ4n) is 2.07. The van der Waals surface area contributed by atoms with Crippen molar-refractivity contribution in [2.45, 2.75) is 6.17 Å². The molecule has 4 amide bonds. The number of aliphatic hydroxyl groups excluding tert-OH is 1. The first-order valence-corrected chi connectivity index (χ1v) is 6.93. The molecule has 1 N–H and O–H groups in total. The number of aliphatic hydroxyl groups is 1. The Bertz CT molecular complexity index is 561. The van der Waals surface area contributed by atoms with Crippen molar-refractivity contribution < 1.29 is 38.6 Å². The molecule has 0 aromatic rings. The van der Waals surface area contributed by atoms with Crippen molar-refractivity contribution in [1.82, 2.24) is 9.80 Å². The predicted octanol–water partition coefficient (Wildman–Crippen LogP) is -2.29. The number of ether oxygens (including phenoxy) is 2. The van der Waals surface area contributed by atoms with Crippen LogP contribution in [-0.2, 0) is 33.4 Å². The fourth-order valence-corrected chi connectivity index (χ4v) is 2.07. The number of imide groups is 2. The molecule has 2 aliphatic heterocycles. The number of nitrogens with zero attached hydrogens (tertiary/aromatic N) is 2. The topological polar surface area (TPSA) is 131 Å². The Hall–Kier alpha value is -2.85. The number of amides is 4. The molecule has 0 bridgehead atoms. The maximum absolute atomic E-state index is 12.3. The molecule has 2 heterocycles. The van der Waals surface area contributed by atoms with Crippen molar-refractivity contribution in [3.05, 3.63) is 24.3 Å². The van der Waals surface area contributed by atoms with Gasteiger partial charge in [-0.15, -0.1) is 0 Å². The van der Waals surface area contributed by atoms with Crippen LogP contribution in [0.1, 0.15) is 0 Å². The minimum atomic E-state index is -1.83. The maximum atomic E-state index is 12.3. The Morgan fingerprint density at radius 1 is 0.875 bits per heavy atom. The average molecular weight is 338 g/mol. The molecule has 0 atom stereocenters. The highest BCUT2D eigenvalue weighted by molar-refractivity contribution is 6.19. The van der Waals surface area contributed by atoms with E-state index in [1.54, 1.807) is 0 Å². The van der Waals surface area contributed by atoms with Crippen LogP contribution < -0.4 is 0 Å². The van der Waals surface area contributed by atoms with Crippen LogP contribution in [0.2, 0.25) is 0 Å². The van der Waals surface area contributed by atoms with Gasteiger partial charge in [-0.1, -0.05) is 0 Å². The summed E-state index contributed by atoms with van der Waals surface area (Å²) in [5.41, 5.74) is 0. The summed E-state index contributed by atoms with van der Waals surface area (Å²) < 4.78 is 9.78. The van der Waals surface area contributed by atoms with Gasteiger partial charge in [-0.3, -0.25) is 19.2 Å². The van der Waals surface area contributed by atoms with Gasteiger partial charge in [-0.2, -0.15) is 0 Å². The summed E-state index contributed by atoms with van der Waals surface area (Å²) in [6.45, 7) is -0.454. The lowest BCUT2D eigenvalue weighted by atomic mass is 10.3. The summed E-state index contributed by atoms with van der Waals surface area (Å²) in [5.74, 6) is -4.49. The fraction of sp³-hybridized carbons (Fsp3) is 0.357. The van der Waals surface area contributed by atoms with Crippen molar-refractivity contribution in [2.75, 3.05) is 26.4 Å². The van der Waals surface area contributed by atoms with E-state index in [9.17, 15) is 24.0 Å². The van der Waals surface area contributed by atoms with Crippen LogP contribution in [0.3, 0.4) is 0 Å². The van der Waals surface area contributed by atoms with E-state index >= 15 is 0 Å². The van der Waals surface area contributed by atoms with E-state index < -0.39 is 35.8 Å². The van der Waals surface area contributed by atoms with Crippen molar-refractivity contribution in [1.29, 1.82) is 0 Å². The number of rotatable bonds is 8. The molecule has 0 unspecified atom stereocenters. The van der Waals surface area contributed by atoms with E-state index in [-0.39, 0.29) is 26.4 Å². The van der Waals surface area contributed by atoms with Gasteiger partial charge in [0.2, 0.25) is 6.17 Å². The van der Waals surface area contributed by atoms with Gasteiger partial charge in [0.15, 0.2) is 0 Å². The van der Waals surface area contributed by atoms with Crippen molar-refractivity contribution in [2.24, 2.45) is 0 Å². The van der Waals surface area contributed by atoms with Gasteiger partial charge in [-0.05, 0) is 0 Å². The molecule has 10 heteroatoms. The van der Waals surface area contributed by atoms with Crippen LogP contribution in [0.25, 0.3) is 0 Å². The molecule has 0 radical (unpaired) electrons. The average Bonchev–Trinajstić information content (AvgIpc) is 3.05. The zero-order valence-electron chi connectivity index (χ0n) is 12.4. The zero-order chi connectivity index (χ0) is 17.7. The van der Waals surface area contributed by atoms with Crippen LogP contribution in [-0.4, -0.2) is 77.1 Å². The molecule has 0 aliphatic carbocycles. The smallest absolute Gasteiger partial charge is 0.351 e. The van der Waals surface area contributed by atoms with E-state index in [1.807, 2.05) is 0 Å². The Kier molecular flexibility index (Phi) is 5.55. The zero-order valence-corrected chi connectivity index (χ0v) is 12.4. The molecule has 0 saturated carbocycles. The number of carbonyl (C=O) groups excluding carboxylic acids is 5. The van der Waals surface area contributed by atoms with Gasteiger partial charge in [0.05, 0.1) is 19.8 Å². The van der Waals surface area contributed by atoms with Crippen LogP contribution in [0, 0.1) is 0 Å². The Labute approximate surface area is 135 Å². The van der Waals surface area contributed by atoms with Gasteiger partial charge in [0, 0.05) is 24.3 Å². The molecular weight excluding hydrogens is 324 g/mol. The maximum Gasteiger partial charge on any atom is 0.351 e. The number of hydrogen-bond donors (Lipinski definition) is 1. The van der Waals surface area contributed by atoms with E-state index in [4.69, 9.17) is 14.6 Å². The van der Waals surface area contributed by atoms with Crippen molar-refractivity contribution in [3.8, 4) is 0 Å². The quantitative estimate of drug-likeness (QED) is 0.297. The van der Waals surface area contributed by atoms with Gasteiger partial charge in [0.1, 0.15) is 6.61 Å². The predicted molar refractivity (Wildman–Crippen MR) is 74.6 cm³/mol. The number of carbonyl (C=O) groups is 5. The minimum absolute atomic E-state index is 0.0424. The number of esters is 1. The summed E-state index contributed by atoms with van der Waals surface area (Å²) in [5, 5.41) is 8.56. The van der Waals surface area contributed by atoms with Gasteiger partial charge >= 0.3 is 5.97 Å². The highest BCUT2D eigenvalue weighted by Gasteiger charge is 2.46. The molecule has 0 spiro atoms. The second-order valence-electron chi connectivity index (χ2n) is 4.64.